The lowest BCUT2D eigenvalue weighted by molar-refractivity contribution is 0.309. The molecule has 6 heteroatoms. The van der Waals surface area contributed by atoms with Crippen LogP contribution in [-0.2, 0) is 13.6 Å². The molecule has 0 saturated carbocycles. The number of nitrogens with zero attached hydrogens (tertiary/aromatic N) is 5. The molecule has 3 heterocycles. The van der Waals surface area contributed by atoms with E-state index >= 15 is 0 Å². The molecule has 0 spiro atoms. The Morgan fingerprint density at radius 3 is 2.56 bits per heavy atom. The standard InChI is InChI=1S/C21H27N5O/c1-15-12-16(2)25(22-15)19-10-11-24(13-19)14-20-17(3)23(4)26(21(20)27)18-8-6-5-7-9-18/h5-9,12,19H,10-11,13-14H2,1-4H3. The number of rotatable bonds is 4. The maximum Gasteiger partial charge on any atom is 0.276 e. The summed E-state index contributed by atoms with van der Waals surface area (Å²) in [7, 11) is 1.95. The minimum absolute atomic E-state index is 0.0794. The Balaban J connectivity index is 1.57. The van der Waals surface area contributed by atoms with Crippen LogP contribution in [0.25, 0.3) is 5.69 Å². The molecule has 1 fully saturated rings. The molecule has 1 aliphatic rings. The summed E-state index contributed by atoms with van der Waals surface area (Å²) in [5.74, 6) is 0. The number of benzene rings is 1. The summed E-state index contributed by atoms with van der Waals surface area (Å²) in [4.78, 5) is 15.5. The molecule has 0 aliphatic carbocycles. The molecule has 1 unspecified atom stereocenters. The fourth-order valence-corrected chi connectivity index (χ4v) is 4.20. The molecule has 27 heavy (non-hydrogen) atoms. The van der Waals surface area contributed by atoms with Gasteiger partial charge < -0.3 is 0 Å². The van der Waals surface area contributed by atoms with Crippen LogP contribution in [0.2, 0.25) is 0 Å². The van der Waals surface area contributed by atoms with Gasteiger partial charge in [-0.15, -0.1) is 0 Å². The Bertz CT molecular complexity index is 1010. The van der Waals surface area contributed by atoms with Gasteiger partial charge in [0.05, 0.1) is 23.0 Å². The van der Waals surface area contributed by atoms with Gasteiger partial charge in [-0.05, 0) is 45.4 Å². The van der Waals surface area contributed by atoms with Crippen molar-refractivity contribution in [3.05, 3.63) is 69.4 Å². The molecule has 0 radical (unpaired) electrons. The first-order chi connectivity index (χ1) is 13.0. The van der Waals surface area contributed by atoms with Crippen molar-refractivity contribution >= 4 is 0 Å². The summed E-state index contributed by atoms with van der Waals surface area (Å²) < 4.78 is 5.87. The fourth-order valence-electron chi connectivity index (χ4n) is 4.20. The van der Waals surface area contributed by atoms with E-state index in [0.717, 1.165) is 42.1 Å². The summed E-state index contributed by atoms with van der Waals surface area (Å²) in [6, 6.07) is 12.3. The van der Waals surface area contributed by atoms with Crippen LogP contribution in [-0.4, -0.2) is 37.1 Å². The van der Waals surface area contributed by atoms with Gasteiger partial charge in [-0.25, -0.2) is 4.68 Å². The number of para-hydroxylation sites is 1. The maximum atomic E-state index is 13.1. The maximum absolute atomic E-state index is 13.1. The monoisotopic (exact) mass is 365 g/mol. The van der Waals surface area contributed by atoms with E-state index in [1.165, 1.54) is 5.69 Å². The third-order valence-corrected chi connectivity index (χ3v) is 5.69. The molecule has 1 atom stereocenters. The molecular weight excluding hydrogens is 338 g/mol. The highest BCUT2D eigenvalue weighted by Gasteiger charge is 2.27. The SMILES string of the molecule is Cc1cc(C)n(C2CCN(Cc3c(C)n(C)n(-c4ccccc4)c3=O)C2)n1. The minimum Gasteiger partial charge on any atom is -0.297 e. The van der Waals surface area contributed by atoms with Gasteiger partial charge >= 0.3 is 0 Å². The van der Waals surface area contributed by atoms with Gasteiger partial charge in [0.2, 0.25) is 0 Å². The van der Waals surface area contributed by atoms with Gasteiger partial charge in [0.1, 0.15) is 0 Å². The zero-order chi connectivity index (χ0) is 19.1. The molecule has 4 rings (SSSR count). The van der Waals surface area contributed by atoms with Crippen molar-refractivity contribution in [2.75, 3.05) is 13.1 Å². The van der Waals surface area contributed by atoms with Gasteiger partial charge in [-0.1, -0.05) is 18.2 Å². The van der Waals surface area contributed by atoms with E-state index in [4.69, 9.17) is 0 Å². The molecule has 0 N–H and O–H groups in total. The second-order valence-electron chi connectivity index (χ2n) is 7.59. The van der Waals surface area contributed by atoms with Crippen LogP contribution in [0.3, 0.4) is 0 Å². The van der Waals surface area contributed by atoms with Gasteiger partial charge in [0.25, 0.3) is 5.56 Å². The molecule has 0 amide bonds. The van der Waals surface area contributed by atoms with Crippen LogP contribution >= 0.6 is 0 Å². The van der Waals surface area contributed by atoms with Crippen molar-refractivity contribution in [1.82, 2.24) is 24.0 Å². The Morgan fingerprint density at radius 2 is 1.89 bits per heavy atom. The number of hydrogen-bond acceptors (Lipinski definition) is 3. The van der Waals surface area contributed by atoms with Crippen molar-refractivity contribution in [2.45, 2.75) is 39.8 Å². The van der Waals surface area contributed by atoms with E-state index in [-0.39, 0.29) is 5.56 Å². The van der Waals surface area contributed by atoms with E-state index in [1.807, 2.05) is 55.9 Å². The molecule has 1 aliphatic heterocycles. The third kappa shape index (κ3) is 3.14. The lowest BCUT2D eigenvalue weighted by atomic mass is 10.2. The van der Waals surface area contributed by atoms with Gasteiger partial charge in [-0.2, -0.15) is 5.10 Å². The van der Waals surface area contributed by atoms with Crippen LogP contribution in [0.1, 0.15) is 35.1 Å². The molecule has 142 valence electrons. The third-order valence-electron chi connectivity index (χ3n) is 5.69. The second-order valence-corrected chi connectivity index (χ2v) is 7.59. The van der Waals surface area contributed by atoms with E-state index in [9.17, 15) is 4.79 Å². The van der Waals surface area contributed by atoms with Gasteiger partial charge in [0, 0.05) is 38.1 Å². The minimum atomic E-state index is 0.0794. The van der Waals surface area contributed by atoms with Crippen molar-refractivity contribution in [2.24, 2.45) is 7.05 Å². The van der Waals surface area contributed by atoms with Crippen LogP contribution in [0, 0.1) is 20.8 Å². The summed E-state index contributed by atoms with van der Waals surface area (Å²) in [6.45, 7) is 8.79. The predicted octanol–water partition coefficient (Wildman–Crippen LogP) is 2.74. The molecule has 1 saturated heterocycles. The average Bonchev–Trinajstić information content (AvgIpc) is 3.30. The van der Waals surface area contributed by atoms with E-state index < -0.39 is 0 Å². The largest absolute Gasteiger partial charge is 0.297 e. The summed E-state index contributed by atoms with van der Waals surface area (Å²) in [5, 5.41) is 4.65. The first-order valence-corrected chi connectivity index (χ1v) is 9.53. The Labute approximate surface area is 159 Å². The van der Waals surface area contributed by atoms with Gasteiger partial charge in [-0.3, -0.25) is 19.1 Å². The van der Waals surface area contributed by atoms with Crippen molar-refractivity contribution in [1.29, 1.82) is 0 Å². The van der Waals surface area contributed by atoms with Gasteiger partial charge in [0.15, 0.2) is 0 Å². The van der Waals surface area contributed by atoms with Crippen LogP contribution in [0.4, 0.5) is 0 Å². The summed E-state index contributed by atoms with van der Waals surface area (Å²) in [5.41, 5.74) is 5.17. The predicted molar refractivity (Wildman–Crippen MR) is 106 cm³/mol. The second kappa shape index (κ2) is 6.85. The normalized spacial score (nSPS) is 17.7. The Kier molecular flexibility index (Phi) is 4.52. The van der Waals surface area contributed by atoms with E-state index in [1.54, 1.807) is 4.68 Å². The highest BCUT2D eigenvalue weighted by atomic mass is 16.1. The van der Waals surface area contributed by atoms with E-state index in [2.05, 4.69) is 27.7 Å². The van der Waals surface area contributed by atoms with Crippen molar-refractivity contribution in [3.8, 4) is 5.69 Å². The quantitative estimate of drug-likeness (QED) is 0.714. The average molecular weight is 365 g/mol. The summed E-state index contributed by atoms with van der Waals surface area (Å²) >= 11 is 0. The molecule has 0 bridgehead atoms. The van der Waals surface area contributed by atoms with Crippen molar-refractivity contribution < 1.29 is 0 Å². The summed E-state index contributed by atoms with van der Waals surface area (Å²) in [6.07, 6.45) is 1.07. The highest BCUT2D eigenvalue weighted by molar-refractivity contribution is 5.33. The number of likely N-dealkylation sites (tertiary alicyclic amines) is 1. The zero-order valence-electron chi connectivity index (χ0n) is 16.5. The van der Waals surface area contributed by atoms with Crippen LogP contribution in [0.5, 0.6) is 0 Å². The molecule has 2 aromatic heterocycles. The topological polar surface area (TPSA) is 48.0 Å². The molecular formula is C21H27N5O. The first kappa shape index (κ1) is 17.8. The zero-order valence-corrected chi connectivity index (χ0v) is 16.5. The van der Waals surface area contributed by atoms with Crippen LogP contribution < -0.4 is 5.56 Å². The Morgan fingerprint density at radius 1 is 1.15 bits per heavy atom. The molecule has 6 nitrogen and oxygen atoms in total. The smallest absolute Gasteiger partial charge is 0.276 e. The molecule has 1 aromatic carbocycles. The number of aryl methyl sites for hydroxylation is 2. The number of aromatic nitrogens is 4. The lowest BCUT2D eigenvalue weighted by Crippen LogP contribution is -2.26. The van der Waals surface area contributed by atoms with Crippen LogP contribution in [0.15, 0.2) is 41.2 Å². The number of hydrogen-bond donors (Lipinski definition) is 0. The van der Waals surface area contributed by atoms with E-state index in [0.29, 0.717) is 12.6 Å². The molecule has 3 aromatic rings. The lowest BCUT2D eigenvalue weighted by Gasteiger charge is -2.16. The fraction of sp³-hybridized carbons (Fsp3) is 0.429. The van der Waals surface area contributed by atoms with Crippen molar-refractivity contribution in [3.63, 3.8) is 0 Å². The Hall–Kier alpha value is -2.60. The first-order valence-electron chi connectivity index (χ1n) is 9.53. The highest BCUT2D eigenvalue weighted by Crippen LogP contribution is 2.24.